The van der Waals surface area contributed by atoms with Crippen LogP contribution >= 0.6 is 0 Å². The van der Waals surface area contributed by atoms with Gasteiger partial charge in [0.25, 0.3) is 0 Å². The Hall–Kier alpha value is -2.89. The van der Waals surface area contributed by atoms with E-state index in [1.54, 1.807) is 21.3 Å². The number of nitrogens with two attached hydrogens (primary N) is 1. The number of methoxy groups -OCH3 is 3. The van der Waals surface area contributed by atoms with Gasteiger partial charge in [-0.3, -0.25) is 0 Å². The summed E-state index contributed by atoms with van der Waals surface area (Å²) in [6.07, 6.45) is 0. The highest BCUT2D eigenvalue weighted by molar-refractivity contribution is 5.92. The lowest BCUT2D eigenvalue weighted by Gasteiger charge is -2.10. The smallest absolute Gasteiger partial charge is 0.193 e. The van der Waals surface area contributed by atoms with Crippen LogP contribution in [-0.4, -0.2) is 27.3 Å². The van der Waals surface area contributed by atoms with E-state index >= 15 is 0 Å². The first kappa shape index (κ1) is 16.5. The van der Waals surface area contributed by atoms with Crippen LogP contribution in [0.2, 0.25) is 0 Å². The summed E-state index contributed by atoms with van der Waals surface area (Å²) >= 11 is 0. The Morgan fingerprint density at radius 2 is 1.74 bits per heavy atom. The third kappa shape index (κ3) is 4.54. The summed E-state index contributed by atoms with van der Waals surface area (Å²) in [5, 5.41) is 3.03. The molecule has 0 atom stereocenters. The Morgan fingerprint density at radius 1 is 1.00 bits per heavy atom. The fraction of sp³-hybridized carbons (Fsp3) is 0.235. The summed E-state index contributed by atoms with van der Waals surface area (Å²) in [7, 11) is 4.84. The molecule has 0 aromatic heterocycles. The van der Waals surface area contributed by atoms with Gasteiger partial charge in [0.15, 0.2) is 5.96 Å². The Labute approximate surface area is 135 Å². The van der Waals surface area contributed by atoms with E-state index in [4.69, 9.17) is 19.9 Å². The molecule has 0 aliphatic rings. The SMILES string of the molecule is COc1cccc(NC(N)=NCc2ccc(OC)cc2OC)c1. The van der Waals surface area contributed by atoms with Gasteiger partial charge >= 0.3 is 0 Å². The second-order valence-electron chi connectivity index (χ2n) is 4.74. The number of nitrogens with zero attached hydrogens (tertiary/aromatic N) is 1. The lowest BCUT2D eigenvalue weighted by atomic mass is 10.2. The van der Waals surface area contributed by atoms with Crippen molar-refractivity contribution < 1.29 is 14.2 Å². The Kier molecular flexibility index (Phi) is 5.68. The lowest BCUT2D eigenvalue weighted by molar-refractivity contribution is 0.391. The van der Waals surface area contributed by atoms with Crippen molar-refractivity contribution in [3.8, 4) is 17.2 Å². The summed E-state index contributed by atoms with van der Waals surface area (Å²) in [6.45, 7) is 0.399. The van der Waals surface area contributed by atoms with Crippen LogP contribution in [0.4, 0.5) is 5.69 Å². The number of guanidine groups is 1. The number of aliphatic imine (C=N–C) groups is 1. The van der Waals surface area contributed by atoms with Gasteiger partial charge in [0, 0.05) is 23.4 Å². The van der Waals surface area contributed by atoms with Gasteiger partial charge in [0.2, 0.25) is 0 Å². The number of anilines is 1. The minimum absolute atomic E-state index is 0.316. The highest BCUT2D eigenvalue weighted by atomic mass is 16.5. The first-order chi connectivity index (χ1) is 11.2. The lowest BCUT2D eigenvalue weighted by Crippen LogP contribution is -2.22. The second kappa shape index (κ2) is 7.93. The van der Waals surface area contributed by atoms with Gasteiger partial charge < -0.3 is 25.3 Å². The van der Waals surface area contributed by atoms with Gasteiger partial charge in [-0.05, 0) is 24.3 Å². The van der Waals surface area contributed by atoms with Crippen LogP contribution in [0.25, 0.3) is 0 Å². The molecule has 0 aliphatic carbocycles. The Balaban J connectivity index is 2.07. The molecule has 3 N–H and O–H groups in total. The van der Waals surface area contributed by atoms with Crippen molar-refractivity contribution in [1.29, 1.82) is 0 Å². The quantitative estimate of drug-likeness (QED) is 0.633. The predicted molar refractivity (Wildman–Crippen MR) is 91.5 cm³/mol. The average molecular weight is 315 g/mol. The molecule has 0 amide bonds. The van der Waals surface area contributed by atoms with E-state index in [1.165, 1.54) is 0 Å². The normalized spacial score (nSPS) is 11.0. The van der Waals surface area contributed by atoms with Gasteiger partial charge in [-0.1, -0.05) is 6.07 Å². The van der Waals surface area contributed by atoms with Crippen LogP contribution < -0.4 is 25.3 Å². The van der Waals surface area contributed by atoms with Crippen molar-refractivity contribution >= 4 is 11.6 Å². The van der Waals surface area contributed by atoms with Crippen molar-refractivity contribution in [2.45, 2.75) is 6.54 Å². The van der Waals surface area contributed by atoms with Crippen LogP contribution in [0, 0.1) is 0 Å². The molecule has 0 fully saturated rings. The predicted octanol–water partition coefficient (Wildman–Crippen LogP) is 2.64. The molecule has 0 unspecified atom stereocenters. The van der Waals surface area contributed by atoms with Gasteiger partial charge in [-0.25, -0.2) is 4.99 Å². The van der Waals surface area contributed by atoms with E-state index in [0.29, 0.717) is 18.3 Å². The minimum Gasteiger partial charge on any atom is -0.497 e. The Bertz CT molecular complexity index is 687. The van der Waals surface area contributed by atoms with Crippen molar-refractivity contribution in [2.24, 2.45) is 10.7 Å². The number of nitrogens with one attached hydrogen (secondary N) is 1. The van der Waals surface area contributed by atoms with Gasteiger partial charge in [0.1, 0.15) is 17.2 Å². The molecule has 2 aromatic rings. The molecule has 2 aromatic carbocycles. The zero-order chi connectivity index (χ0) is 16.7. The van der Waals surface area contributed by atoms with E-state index in [9.17, 15) is 0 Å². The van der Waals surface area contributed by atoms with Crippen LogP contribution in [0.3, 0.4) is 0 Å². The summed E-state index contributed by atoms with van der Waals surface area (Å²) in [6, 6.07) is 13.0. The summed E-state index contributed by atoms with van der Waals surface area (Å²) in [4.78, 5) is 4.33. The summed E-state index contributed by atoms with van der Waals surface area (Å²) in [5.41, 5.74) is 7.66. The fourth-order valence-electron chi connectivity index (χ4n) is 2.04. The van der Waals surface area contributed by atoms with E-state index in [1.807, 2.05) is 42.5 Å². The average Bonchev–Trinajstić information content (AvgIpc) is 2.59. The molecule has 6 nitrogen and oxygen atoms in total. The van der Waals surface area contributed by atoms with Gasteiger partial charge in [-0.15, -0.1) is 0 Å². The van der Waals surface area contributed by atoms with Crippen LogP contribution in [0.1, 0.15) is 5.56 Å². The standard InChI is InChI=1S/C17H21N3O3/c1-21-14-6-4-5-13(9-14)20-17(18)19-11-12-7-8-15(22-2)10-16(12)23-3/h4-10H,11H2,1-3H3,(H3,18,19,20). The first-order valence-electron chi connectivity index (χ1n) is 7.08. The molecule has 0 heterocycles. The molecule has 122 valence electrons. The molecule has 0 radical (unpaired) electrons. The summed E-state index contributed by atoms with van der Waals surface area (Å²) < 4.78 is 15.7. The second-order valence-corrected chi connectivity index (χ2v) is 4.74. The number of hydrogen-bond acceptors (Lipinski definition) is 4. The van der Waals surface area contributed by atoms with Crippen molar-refractivity contribution in [2.75, 3.05) is 26.6 Å². The monoisotopic (exact) mass is 315 g/mol. The molecule has 2 rings (SSSR count). The van der Waals surface area contributed by atoms with Crippen LogP contribution in [-0.2, 0) is 6.54 Å². The van der Waals surface area contributed by atoms with E-state index < -0.39 is 0 Å². The highest BCUT2D eigenvalue weighted by Crippen LogP contribution is 2.25. The highest BCUT2D eigenvalue weighted by Gasteiger charge is 2.05. The molecular formula is C17H21N3O3. The number of ether oxygens (including phenoxy) is 3. The minimum atomic E-state index is 0.316. The zero-order valence-corrected chi connectivity index (χ0v) is 13.5. The number of hydrogen-bond donors (Lipinski definition) is 2. The van der Waals surface area contributed by atoms with Crippen molar-refractivity contribution in [3.63, 3.8) is 0 Å². The molecule has 0 saturated heterocycles. The van der Waals surface area contributed by atoms with Gasteiger partial charge in [0.05, 0.1) is 27.9 Å². The third-order valence-electron chi connectivity index (χ3n) is 3.26. The number of rotatable bonds is 6. The maximum atomic E-state index is 5.93. The fourth-order valence-corrected chi connectivity index (χ4v) is 2.04. The molecular weight excluding hydrogens is 294 g/mol. The molecule has 0 aliphatic heterocycles. The molecule has 6 heteroatoms. The maximum absolute atomic E-state index is 5.93. The topological polar surface area (TPSA) is 78.1 Å². The van der Waals surface area contributed by atoms with E-state index in [2.05, 4.69) is 10.3 Å². The summed E-state index contributed by atoms with van der Waals surface area (Å²) in [5.74, 6) is 2.51. The molecule has 0 saturated carbocycles. The Morgan fingerprint density at radius 3 is 2.43 bits per heavy atom. The number of benzene rings is 2. The maximum Gasteiger partial charge on any atom is 0.193 e. The van der Waals surface area contributed by atoms with Crippen molar-refractivity contribution in [1.82, 2.24) is 0 Å². The largest absolute Gasteiger partial charge is 0.497 e. The van der Waals surface area contributed by atoms with Crippen LogP contribution in [0.15, 0.2) is 47.5 Å². The van der Waals surface area contributed by atoms with Crippen LogP contribution in [0.5, 0.6) is 17.2 Å². The van der Waals surface area contributed by atoms with E-state index in [-0.39, 0.29) is 0 Å². The molecule has 0 bridgehead atoms. The van der Waals surface area contributed by atoms with Crippen molar-refractivity contribution in [3.05, 3.63) is 48.0 Å². The van der Waals surface area contributed by atoms with Gasteiger partial charge in [-0.2, -0.15) is 0 Å². The third-order valence-corrected chi connectivity index (χ3v) is 3.26. The van der Waals surface area contributed by atoms with E-state index in [0.717, 1.165) is 22.7 Å². The molecule has 0 spiro atoms. The zero-order valence-electron chi connectivity index (χ0n) is 13.5. The first-order valence-corrected chi connectivity index (χ1v) is 7.08. The molecule has 23 heavy (non-hydrogen) atoms.